The molecule has 11 heavy (non-hydrogen) atoms. The van der Waals surface area contributed by atoms with Crippen molar-refractivity contribution in [2.45, 2.75) is 32.6 Å². The van der Waals surface area contributed by atoms with Crippen molar-refractivity contribution in [3.63, 3.8) is 0 Å². The SMILES string of the molecule is CCCCCC=COCOC. The molecule has 0 aromatic rings. The molecule has 0 aliphatic heterocycles. The Hall–Kier alpha value is -0.500. The second kappa shape index (κ2) is 9.50. The van der Waals surface area contributed by atoms with E-state index in [2.05, 4.69) is 6.92 Å². The van der Waals surface area contributed by atoms with Crippen LogP contribution in [0.15, 0.2) is 12.3 Å². The largest absolute Gasteiger partial charge is 0.476 e. The van der Waals surface area contributed by atoms with E-state index in [1.54, 1.807) is 13.4 Å². The lowest BCUT2D eigenvalue weighted by molar-refractivity contribution is 0.0196. The summed E-state index contributed by atoms with van der Waals surface area (Å²) in [6.07, 6.45) is 8.68. The lowest BCUT2D eigenvalue weighted by atomic mass is 10.2. The van der Waals surface area contributed by atoms with Crippen molar-refractivity contribution in [2.24, 2.45) is 0 Å². The van der Waals surface area contributed by atoms with Gasteiger partial charge < -0.3 is 9.47 Å². The Morgan fingerprint density at radius 1 is 1.27 bits per heavy atom. The van der Waals surface area contributed by atoms with Crippen molar-refractivity contribution in [1.29, 1.82) is 0 Å². The second-order valence-corrected chi connectivity index (χ2v) is 2.44. The smallest absolute Gasteiger partial charge is 0.187 e. The quantitative estimate of drug-likeness (QED) is 0.322. The Labute approximate surface area is 69.2 Å². The Morgan fingerprint density at radius 3 is 2.73 bits per heavy atom. The molecule has 0 saturated heterocycles. The maximum Gasteiger partial charge on any atom is 0.187 e. The van der Waals surface area contributed by atoms with Gasteiger partial charge in [-0.05, 0) is 18.9 Å². The second-order valence-electron chi connectivity index (χ2n) is 2.44. The molecule has 0 spiro atoms. The number of hydrogen-bond acceptors (Lipinski definition) is 2. The van der Waals surface area contributed by atoms with Crippen LogP contribution in [0, 0.1) is 0 Å². The van der Waals surface area contributed by atoms with Gasteiger partial charge in [0.05, 0.1) is 6.26 Å². The van der Waals surface area contributed by atoms with E-state index in [4.69, 9.17) is 9.47 Å². The van der Waals surface area contributed by atoms with Crippen molar-refractivity contribution < 1.29 is 9.47 Å². The number of unbranched alkanes of at least 4 members (excludes halogenated alkanes) is 3. The molecule has 0 aromatic heterocycles. The maximum atomic E-state index is 4.96. The molecule has 0 radical (unpaired) electrons. The summed E-state index contributed by atoms with van der Waals surface area (Å²) in [5, 5.41) is 0. The normalized spacial score (nSPS) is 10.7. The molecule has 0 unspecified atom stereocenters. The van der Waals surface area contributed by atoms with Gasteiger partial charge in [0.1, 0.15) is 0 Å². The molecule has 0 fully saturated rings. The summed E-state index contributed by atoms with van der Waals surface area (Å²) in [7, 11) is 1.62. The minimum Gasteiger partial charge on any atom is -0.476 e. The molecule has 0 amide bonds. The molecular formula is C9H18O2. The average molecular weight is 158 g/mol. The third-order valence-electron chi connectivity index (χ3n) is 1.35. The fraction of sp³-hybridized carbons (Fsp3) is 0.778. The molecule has 66 valence electrons. The van der Waals surface area contributed by atoms with Gasteiger partial charge >= 0.3 is 0 Å². The van der Waals surface area contributed by atoms with Crippen molar-refractivity contribution in [2.75, 3.05) is 13.9 Å². The fourth-order valence-corrected chi connectivity index (χ4v) is 0.756. The first-order valence-corrected chi connectivity index (χ1v) is 4.17. The number of ether oxygens (including phenoxy) is 2. The summed E-state index contributed by atoms with van der Waals surface area (Å²) < 4.78 is 9.66. The predicted molar refractivity (Wildman–Crippen MR) is 46.2 cm³/mol. The standard InChI is InChI=1S/C9H18O2/c1-3-4-5-6-7-8-11-9-10-2/h7-8H,3-6,9H2,1-2H3. The van der Waals surface area contributed by atoms with E-state index in [1.807, 2.05) is 6.08 Å². The Bertz CT molecular complexity index is 89.6. The van der Waals surface area contributed by atoms with E-state index < -0.39 is 0 Å². The first-order valence-electron chi connectivity index (χ1n) is 4.17. The fourth-order valence-electron chi connectivity index (χ4n) is 0.756. The van der Waals surface area contributed by atoms with Gasteiger partial charge in [0.15, 0.2) is 6.79 Å². The van der Waals surface area contributed by atoms with E-state index in [1.165, 1.54) is 19.3 Å². The highest BCUT2D eigenvalue weighted by Crippen LogP contribution is 1.99. The van der Waals surface area contributed by atoms with E-state index in [9.17, 15) is 0 Å². The number of allylic oxidation sites excluding steroid dienone is 1. The molecule has 0 rings (SSSR count). The molecule has 2 nitrogen and oxygen atoms in total. The van der Waals surface area contributed by atoms with Gasteiger partial charge in [-0.2, -0.15) is 0 Å². The topological polar surface area (TPSA) is 18.5 Å². The van der Waals surface area contributed by atoms with E-state index in [0.717, 1.165) is 6.42 Å². The van der Waals surface area contributed by atoms with Gasteiger partial charge in [-0.25, -0.2) is 0 Å². The zero-order chi connectivity index (χ0) is 8.36. The van der Waals surface area contributed by atoms with Crippen LogP contribution in [0.4, 0.5) is 0 Å². The van der Waals surface area contributed by atoms with Crippen LogP contribution < -0.4 is 0 Å². The minimum atomic E-state index is 0.351. The van der Waals surface area contributed by atoms with E-state index in [0.29, 0.717) is 6.79 Å². The number of hydrogen-bond donors (Lipinski definition) is 0. The molecule has 0 N–H and O–H groups in total. The molecular weight excluding hydrogens is 140 g/mol. The maximum absolute atomic E-state index is 4.96. The average Bonchev–Trinajstić information content (AvgIpc) is 2.03. The first-order chi connectivity index (χ1) is 5.41. The summed E-state index contributed by atoms with van der Waals surface area (Å²) in [5.74, 6) is 0. The van der Waals surface area contributed by atoms with Crippen LogP contribution >= 0.6 is 0 Å². The minimum absolute atomic E-state index is 0.351. The highest BCUT2D eigenvalue weighted by Gasteiger charge is 1.81. The monoisotopic (exact) mass is 158 g/mol. The highest BCUT2D eigenvalue weighted by atomic mass is 16.7. The third-order valence-corrected chi connectivity index (χ3v) is 1.35. The molecule has 0 aliphatic rings. The van der Waals surface area contributed by atoms with Gasteiger partial charge in [0.25, 0.3) is 0 Å². The number of rotatable bonds is 7. The lowest BCUT2D eigenvalue weighted by Gasteiger charge is -1.96. The van der Waals surface area contributed by atoms with E-state index in [-0.39, 0.29) is 0 Å². The van der Waals surface area contributed by atoms with Crippen LogP contribution in [0.3, 0.4) is 0 Å². The van der Waals surface area contributed by atoms with Gasteiger partial charge in [-0.1, -0.05) is 19.8 Å². The molecule has 2 heteroatoms. The van der Waals surface area contributed by atoms with Gasteiger partial charge in [0, 0.05) is 7.11 Å². The summed E-state index contributed by atoms with van der Waals surface area (Å²) in [6.45, 7) is 2.55. The summed E-state index contributed by atoms with van der Waals surface area (Å²) >= 11 is 0. The molecule has 0 aliphatic carbocycles. The van der Waals surface area contributed by atoms with Crippen LogP contribution in [-0.2, 0) is 9.47 Å². The molecule has 0 bridgehead atoms. The van der Waals surface area contributed by atoms with Gasteiger partial charge in [-0.3, -0.25) is 0 Å². The zero-order valence-electron chi connectivity index (χ0n) is 7.51. The molecule has 0 atom stereocenters. The van der Waals surface area contributed by atoms with E-state index >= 15 is 0 Å². The van der Waals surface area contributed by atoms with Crippen molar-refractivity contribution in [1.82, 2.24) is 0 Å². The Morgan fingerprint density at radius 2 is 2.09 bits per heavy atom. The highest BCUT2D eigenvalue weighted by molar-refractivity contribution is 4.72. The van der Waals surface area contributed by atoms with Crippen LogP contribution in [-0.4, -0.2) is 13.9 Å². The van der Waals surface area contributed by atoms with Crippen molar-refractivity contribution >= 4 is 0 Å². The van der Waals surface area contributed by atoms with Crippen LogP contribution in [0.2, 0.25) is 0 Å². The predicted octanol–water partition coefficient (Wildman–Crippen LogP) is 2.70. The summed E-state index contributed by atoms with van der Waals surface area (Å²) in [5.41, 5.74) is 0. The lowest BCUT2D eigenvalue weighted by Crippen LogP contribution is -1.87. The molecule has 0 saturated carbocycles. The zero-order valence-corrected chi connectivity index (χ0v) is 7.51. The molecule has 0 heterocycles. The summed E-state index contributed by atoms with van der Waals surface area (Å²) in [6, 6.07) is 0. The third kappa shape index (κ3) is 9.50. The van der Waals surface area contributed by atoms with Gasteiger partial charge in [-0.15, -0.1) is 0 Å². The Kier molecular flexibility index (Phi) is 9.07. The van der Waals surface area contributed by atoms with Crippen LogP contribution in [0.1, 0.15) is 32.6 Å². The molecule has 0 aromatic carbocycles. The van der Waals surface area contributed by atoms with Crippen LogP contribution in [0.25, 0.3) is 0 Å². The summed E-state index contributed by atoms with van der Waals surface area (Å²) in [4.78, 5) is 0. The van der Waals surface area contributed by atoms with Crippen molar-refractivity contribution in [3.05, 3.63) is 12.3 Å². The van der Waals surface area contributed by atoms with Gasteiger partial charge in [0.2, 0.25) is 0 Å². The Balaban J connectivity index is 2.91. The first kappa shape index (κ1) is 10.5. The van der Waals surface area contributed by atoms with Crippen LogP contribution in [0.5, 0.6) is 0 Å². The number of methoxy groups -OCH3 is 1. The van der Waals surface area contributed by atoms with Crippen molar-refractivity contribution in [3.8, 4) is 0 Å².